The molecule has 14 heteroatoms. The zero-order valence-corrected chi connectivity index (χ0v) is 47.2. The molecule has 0 bridgehead atoms. The van der Waals surface area contributed by atoms with Crippen LogP contribution < -0.4 is 0 Å². The second kappa shape index (κ2) is 34.4. The van der Waals surface area contributed by atoms with E-state index in [2.05, 4.69) is 88.4 Å². The first-order chi connectivity index (χ1) is 34.6. The molecule has 8 nitrogen and oxygen atoms in total. The molecule has 0 amide bonds. The van der Waals surface area contributed by atoms with Gasteiger partial charge in [0.2, 0.25) is 0 Å². The van der Waals surface area contributed by atoms with Crippen molar-refractivity contribution >= 4 is 68.0 Å². The zero-order chi connectivity index (χ0) is 48.9. The lowest BCUT2D eigenvalue weighted by Gasteiger charge is -2.06. The molecule has 0 unspecified atom stereocenters. The van der Waals surface area contributed by atoms with E-state index in [0.717, 1.165) is 103 Å². The van der Waals surface area contributed by atoms with E-state index >= 15 is 0 Å². The third-order valence-electron chi connectivity index (χ3n) is 11.4. The van der Waals surface area contributed by atoms with Gasteiger partial charge in [-0.2, -0.15) is 0 Å². The highest BCUT2D eigenvalue weighted by Crippen LogP contribution is 2.48. The van der Waals surface area contributed by atoms with Gasteiger partial charge >= 0.3 is 0 Å². The van der Waals surface area contributed by atoms with Crippen molar-refractivity contribution in [3.63, 3.8) is 0 Å². The molecule has 6 heterocycles. The summed E-state index contributed by atoms with van der Waals surface area (Å²) in [5.41, 5.74) is 2.69. The third kappa shape index (κ3) is 20.0. The minimum atomic E-state index is 0.624. The molecule has 6 aromatic heterocycles. The van der Waals surface area contributed by atoms with E-state index in [1.54, 1.807) is 0 Å². The number of ether oxygens (including phenoxy) is 8. The van der Waals surface area contributed by atoms with E-state index in [-0.39, 0.29) is 0 Å². The Kier molecular flexibility index (Phi) is 28.1. The van der Waals surface area contributed by atoms with Gasteiger partial charge in [0.1, 0.15) is 0 Å². The van der Waals surface area contributed by atoms with Crippen LogP contribution in [0.2, 0.25) is 0 Å². The van der Waals surface area contributed by atoms with Crippen molar-refractivity contribution in [3.05, 3.63) is 81.5 Å². The molecule has 0 spiro atoms. The fourth-order valence-electron chi connectivity index (χ4n) is 7.35. The lowest BCUT2D eigenvalue weighted by atomic mass is 10.1. The molecule has 0 aliphatic rings. The molecule has 70 heavy (non-hydrogen) atoms. The molecule has 0 atom stereocenters. The highest BCUT2D eigenvalue weighted by atomic mass is 32.1. The average molecular weight is 1070 g/mol. The second-order valence-corrected chi connectivity index (χ2v) is 23.7. The first-order valence-corrected chi connectivity index (χ1v) is 30.8. The van der Waals surface area contributed by atoms with Crippen LogP contribution >= 0.6 is 68.0 Å². The lowest BCUT2D eigenvalue weighted by Crippen LogP contribution is -2.07. The third-order valence-corrected chi connectivity index (χ3v) is 19.2. The Morgan fingerprint density at radius 3 is 0.886 bits per heavy atom. The standard InChI is InChI=1S/C56H78O8S6/c1-5-9-25-57-33-37-61-29-21-43-41-53(69-55(43)51-15-13-45(65-51)23-31-63-39-35-59-27-11-7-3)49-19-17-47(67-49)48-18-20-50(68-48)54-42-44(22-30-62-38-34-58-26-10-6-2)56(70-54)52-16-14-46(66-52)24-32-64-40-36-60-28-12-8-4/h13-20,41-42H,5-12,21-40H2,1-4H3. The minimum Gasteiger partial charge on any atom is -0.379 e. The van der Waals surface area contributed by atoms with Crippen LogP contribution in [0.25, 0.3) is 48.8 Å². The topological polar surface area (TPSA) is 73.8 Å². The molecule has 0 fully saturated rings. The summed E-state index contributed by atoms with van der Waals surface area (Å²) in [6, 6.07) is 23.2. The largest absolute Gasteiger partial charge is 0.379 e. The normalized spacial score (nSPS) is 11.8. The maximum atomic E-state index is 6.09. The van der Waals surface area contributed by atoms with Crippen molar-refractivity contribution in [2.45, 2.75) is 105 Å². The van der Waals surface area contributed by atoms with Crippen LogP contribution in [-0.4, -0.2) is 106 Å². The van der Waals surface area contributed by atoms with Crippen molar-refractivity contribution in [2.24, 2.45) is 0 Å². The maximum Gasteiger partial charge on any atom is 0.0700 e. The molecule has 386 valence electrons. The molecule has 6 aromatic rings. The van der Waals surface area contributed by atoms with E-state index in [0.29, 0.717) is 79.3 Å². The van der Waals surface area contributed by atoms with Crippen LogP contribution in [0, 0.1) is 0 Å². The quantitative estimate of drug-likeness (QED) is 0.0352. The van der Waals surface area contributed by atoms with Crippen LogP contribution in [0.3, 0.4) is 0 Å². The smallest absolute Gasteiger partial charge is 0.0700 e. The van der Waals surface area contributed by atoms with Gasteiger partial charge in [0.15, 0.2) is 0 Å². The number of hydrogen-bond donors (Lipinski definition) is 0. The molecule has 0 radical (unpaired) electrons. The molecule has 0 aliphatic carbocycles. The first kappa shape index (κ1) is 57.2. The highest BCUT2D eigenvalue weighted by molar-refractivity contribution is 7.30. The Morgan fingerprint density at radius 1 is 0.271 bits per heavy atom. The average Bonchev–Trinajstić information content (AvgIpc) is 4.24. The summed E-state index contributed by atoms with van der Waals surface area (Å²) in [4.78, 5) is 15.8. The fourth-order valence-corrected chi connectivity index (χ4v) is 14.3. The first-order valence-electron chi connectivity index (χ1n) is 25.9. The number of unbranched alkanes of at least 4 members (excludes halogenated alkanes) is 4. The van der Waals surface area contributed by atoms with Crippen molar-refractivity contribution in [3.8, 4) is 48.8 Å². The highest BCUT2D eigenvalue weighted by Gasteiger charge is 2.19. The summed E-state index contributed by atoms with van der Waals surface area (Å²) in [5, 5.41) is 0. The SMILES string of the molecule is CCCCOCCOCCc1ccc(-c2sc(-c3ccc(-c4ccc(-c5cc(CCOCCOCCCC)c(-c6ccc(CCOCCOCCCC)s6)s5)s4)s3)cc2CCOCCOCCCC)s1. The van der Waals surface area contributed by atoms with E-state index in [1.807, 2.05) is 68.0 Å². The van der Waals surface area contributed by atoms with Crippen molar-refractivity contribution in [2.75, 3.05) is 106 Å². The number of rotatable bonds is 41. The van der Waals surface area contributed by atoms with Crippen molar-refractivity contribution < 1.29 is 37.9 Å². The Hall–Kier alpha value is -2.12. The van der Waals surface area contributed by atoms with Gasteiger partial charge in [-0.1, -0.05) is 53.4 Å². The van der Waals surface area contributed by atoms with Crippen LogP contribution in [0.4, 0.5) is 0 Å². The van der Waals surface area contributed by atoms with Crippen LogP contribution in [0.1, 0.15) is 99.9 Å². The Morgan fingerprint density at radius 2 is 0.557 bits per heavy atom. The summed E-state index contributed by atoms with van der Waals surface area (Å²) in [6.45, 7) is 19.9. The van der Waals surface area contributed by atoms with E-state index in [4.69, 9.17) is 37.9 Å². The Bertz CT molecular complexity index is 2110. The van der Waals surface area contributed by atoms with E-state index in [9.17, 15) is 0 Å². The number of hydrogen-bond acceptors (Lipinski definition) is 14. The zero-order valence-electron chi connectivity index (χ0n) is 42.3. The molecule has 6 rings (SSSR count). The van der Waals surface area contributed by atoms with Gasteiger partial charge in [-0.3, -0.25) is 0 Å². The van der Waals surface area contributed by atoms with Crippen LogP contribution in [-0.2, 0) is 63.6 Å². The predicted octanol–water partition coefficient (Wildman–Crippen LogP) is 15.9. The van der Waals surface area contributed by atoms with Crippen LogP contribution in [0.15, 0.2) is 60.7 Å². The maximum absolute atomic E-state index is 6.09. The fraction of sp³-hybridized carbons (Fsp3) is 0.571. The molecule has 0 aromatic carbocycles. The van der Waals surface area contributed by atoms with Gasteiger partial charge in [-0.05, 0) is 110 Å². The minimum absolute atomic E-state index is 0.624. The monoisotopic (exact) mass is 1070 g/mol. The molecular weight excluding hydrogens is 993 g/mol. The lowest BCUT2D eigenvalue weighted by molar-refractivity contribution is 0.0479. The molecular formula is C56H78O8S6. The molecule has 0 aliphatic heterocycles. The van der Waals surface area contributed by atoms with Gasteiger partial charge in [-0.25, -0.2) is 0 Å². The summed E-state index contributed by atoms with van der Waals surface area (Å²) in [7, 11) is 0. The second-order valence-electron chi connectivity index (χ2n) is 17.1. The Labute approximate surface area is 443 Å². The summed E-state index contributed by atoms with van der Waals surface area (Å²) in [5.74, 6) is 0. The van der Waals surface area contributed by atoms with Gasteiger partial charge in [0.25, 0.3) is 0 Å². The predicted molar refractivity (Wildman–Crippen MR) is 302 cm³/mol. The van der Waals surface area contributed by atoms with E-state index in [1.165, 1.54) is 69.7 Å². The van der Waals surface area contributed by atoms with Crippen molar-refractivity contribution in [1.29, 1.82) is 0 Å². The summed E-state index contributed by atoms with van der Waals surface area (Å²) >= 11 is 11.4. The van der Waals surface area contributed by atoms with Crippen molar-refractivity contribution in [1.82, 2.24) is 0 Å². The molecule has 0 N–H and O–H groups in total. The molecule has 0 saturated carbocycles. The van der Waals surface area contributed by atoms with E-state index < -0.39 is 0 Å². The van der Waals surface area contributed by atoms with Crippen LogP contribution in [0.5, 0.6) is 0 Å². The number of thiophene rings is 6. The molecule has 0 saturated heterocycles. The summed E-state index contributed by atoms with van der Waals surface area (Å²) < 4.78 is 46.9. The van der Waals surface area contributed by atoms with Gasteiger partial charge < -0.3 is 37.9 Å². The Balaban J connectivity index is 1.12. The van der Waals surface area contributed by atoms with Gasteiger partial charge in [0.05, 0.1) is 79.3 Å². The summed E-state index contributed by atoms with van der Waals surface area (Å²) in [6.07, 6.45) is 12.5. The van der Waals surface area contributed by atoms with Gasteiger partial charge in [0, 0.05) is 97.8 Å². The van der Waals surface area contributed by atoms with Gasteiger partial charge in [-0.15, -0.1) is 68.0 Å².